The summed E-state index contributed by atoms with van der Waals surface area (Å²) in [4.78, 5) is 11.9. The van der Waals surface area contributed by atoms with E-state index in [1.165, 1.54) is 4.68 Å². The van der Waals surface area contributed by atoms with Gasteiger partial charge in [-0.3, -0.25) is 4.79 Å². The summed E-state index contributed by atoms with van der Waals surface area (Å²) in [6.45, 7) is 3.74. The van der Waals surface area contributed by atoms with Crippen LogP contribution in [0.3, 0.4) is 0 Å². The zero-order chi connectivity index (χ0) is 14.0. The number of nitrogens with zero attached hydrogens (tertiary/aromatic N) is 3. The molecule has 3 N–H and O–H groups in total. The molecule has 0 unspecified atom stereocenters. The van der Waals surface area contributed by atoms with Crippen LogP contribution in [0.2, 0.25) is 0 Å². The highest BCUT2D eigenvalue weighted by molar-refractivity contribution is 9.10. The van der Waals surface area contributed by atoms with Crippen LogP contribution in [0.25, 0.3) is 5.69 Å². The first-order valence-electron chi connectivity index (χ1n) is 5.77. The van der Waals surface area contributed by atoms with Gasteiger partial charge in [-0.2, -0.15) is 4.68 Å². The minimum absolute atomic E-state index is 0.0183. The van der Waals surface area contributed by atoms with E-state index in [9.17, 15) is 4.79 Å². The fraction of sp³-hybridized carbons (Fsp3) is 0.250. The van der Waals surface area contributed by atoms with E-state index in [2.05, 4.69) is 31.6 Å². The van der Waals surface area contributed by atoms with E-state index < -0.39 is 0 Å². The van der Waals surface area contributed by atoms with Crippen LogP contribution in [0, 0.1) is 0 Å². The Morgan fingerprint density at radius 2 is 2.00 bits per heavy atom. The normalized spacial score (nSPS) is 10.7. The van der Waals surface area contributed by atoms with Crippen LogP contribution >= 0.6 is 15.9 Å². The van der Waals surface area contributed by atoms with Gasteiger partial charge in [-0.15, -0.1) is 5.10 Å². The number of rotatable bonds is 3. The van der Waals surface area contributed by atoms with Crippen LogP contribution in [0.15, 0.2) is 28.7 Å². The summed E-state index contributed by atoms with van der Waals surface area (Å²) in [5, 5.41) is 10.5. The van der Waals surface area contributed by atoms with E-state index >= 15 is 0 Å². The van der Waals surface area contributed by atoms with Crippen molar-refractivity contribution in [1.82, 2.24) is 20.3 Å². The first kappa shape index (κ1) is 13.5. The fourth-order valence-electron chi connectivity index (χ4n) is 1.55. The maximum Gasteiger partial charge on any atom is 0.275 e. The third-order valence-electron chi connectivity index (χ3n) is 2.41. The van der Waals surface area contributed by atoms with Crippen LogP contribution in [-0.4, -0.2) is 26.9 Å². The van der Waals surface area contributed by atoms with Crippen molar-refractivity contribution in [3.63, 3.8) is 0 Å². The highest BCUT2D eigenvalue weighted by atomic mass is 79.9. The van der Waals surface area contributed by atoms with Gasteiger partial charge in [0.15, 0.2) is 11.5 Å². The SMILES string of the molecule is CC(C)NC(=O)c1nnn(-c2ccc(Br)cc2)c1N. The lowest BCUT2D eigenvalue weighted by Crippen LogP contribution is -2.31. The van der Waals surface area contributed by atoms with E-state index in [1.54, 1.807) is 0 Å². The Kier molecular flexibility index (Phi) is 3.84. The predicted octanol–water partition coefficient (Wildman–Crippen LogP) is 1.75. The van der Waals surface area contributed by atoms with E-state index in [0.717, 1.165) is 10.2 Å². The summed E-state index contributed by atoms with van der Waals surface area (Å²) in [5.41, 5.74) is 6.80. The van der Waals surface area contributed by atoms with Gasteiger partial charge in [0.1, 0.15) is 0 Å². The summed E-state index contributed by atoms with van der Waals surface area (Å²) in [6.07, 6.45) is 0. The highest BCUT2D eigenvalue weighted by Gasteiger charge is 2.18. The van der Waals surface area contributed by atoms with Crippen molar-refractivity contribution in [2.24, 2.45) is 0 Å². The maximum atomic E-state index is 11.9. The van der Waals surface area contributed by atoms with Crippen molar-refractivity contribution < 1.29 is 4.79 Å². The summed E-state index contributed by atoms with van der Waals surface area (Å²) in [5.74, 6) is -0.101. The molecule has 100 valence electrons. The number of hydrogen-bond acceptors (Lipinski definition) is 4. The van der Waals surface area contributed by atoms with Crippen LogP contribution in [0.4, 0.5) is 5.82 Å². The molecule has 0 radical (unpaired) electrons. The Morgan fingerprint density at radius 1 is 1.37 bits per heavy atom. The molecule has 2 aromatic rings. The first-order valence-corrected chi connectivity index (χ1v) is 6.56. The van der Waals surface area contributed by atoms with Crippen molar-refractivity contribution in [2.45, 2.75) is 19.9 Å². The molecule has 7 heteroatoms. The van der Waals surface area contributed by atoms with Crippen molar-refractivity contribution in [2.75, 3.05) is 5.73 Å². The lowest BCUT2D eigenvalue weighted by Gasteiger charge is -2.07. The van der Waals surface area contributed by atoms with Crippen molar-refractivity contribution in [3.8, 4) is 5.69 Å². The maximum absolute atomic E-state index is 11.9. The van der Waals surface area contributed by atoms with Crippen LogP contribution < -0.4 is 11.1 Å². The molecule has 6 nitrogen and oxygen atoms in total. The van der Waals surface area contributed by atoms with Gasteiger partial charge in [0.05, 0.1) is 5.69 Å². The van der Waals surface area contributed by atoms with Gasteiger partial charge in [0, 0.05) is 10.5 Å². The fourth-order valence-corrected chi connectivity index (χ4v) is 1.82. The molecular formula is C12H14BrN5O. The summed E-state index contributed by atoms with van der Waals surface area (Å²) in [6, 6.07) is 7.41. The Labute approximate surface area is 119 Å². The number of hydrogen-bond donors (Lipinski definition) is 2. The minimum Gasteiger partial charge on any atom is -0.382 e. The van der Waals surface area contributed by atoms with Crippen molar-refractivity contribution >= 4 is 27.7 Å². The molecule has 0 bridgehead atoms. The van der Waals surface area contributed by atoms with Gasteiger partial charge >= 0.3 is 0 Å². The zero-order valence-corrected chi connectivity index (χ0v) is 12.2. The smallest absolute Gasteiger partial charge is 0.275 e. The van der Waals surface area contributed by atoms with Gasteiger partial charge in [-0.25, -0.2) is 0 Å². The molecule has 1 amide bonds. The van der Waals surface area contributed by atoms with Gasteiger partial charge in [-0.1, -0.05) is 21.1 Å². The number of amides is 1. The van der Waals surface area contributed by atoms with Crippen LogP contribution in [0.5, 0.6) is 0 Å². The van der Waals surface area contributed by atoms with E-state index in [-0.39, 0.29) is 23.5 Å². The molecule has 1 aromatic heterocycles. The summed E-state index contributed by atoms with van der Waals surface area (Å²) < 4.78 is 2.38. The van der Waals surface area contributed by atoms with Crippen molar-refractivity contribution in [1.29, 1.82) is 0 Å². The average molecular weight is 324 g/mol. The third kappa shape index (κ3) is 2.93. The van der Waals surface area contributed by atoms with Gasteiger partial charge in [0.25, 0.3) is 5.91 Å². The lowest BCUT2D eigenvalue weighted by molar-refractivity contribution is 0.0939. The first-order chi connectivity index (χ1) is 8.99. The molecule has 2 rings (SSSR count). The molecule has 0 atom stereocenters. The number of carbonyl (C=O) groups is 1. The van der Waals surface area contributed by atoms with Gasteiger partial charge in [0.2, 0.25) is 0 Å². The van der Waals surface area contributed by atoms with E-state index in [0.29, 0.717) is 0 Å². The summed E-state index contributed by atoms with van der Waals surface area (Å²) >= 11 is 3.35. The van der Waals surface area contributed by atoms with Gasteiger partial charge in [-0.05, 0) is 38.1 Å². The topological polar surface area (TPSA) is 85.8 Å². The molecule has 1 heterocycles. The Morgan fingerprint density at radius 3 is 2.58 bits per heavy atom. The van der Waals surface area contributed by atoms with E-state index in [1.807, 2.05) is 38.1 Å². The third-order valence-corrected chi connectivity index (χ3v) is 2.94. The van der Waals surface area contributed by atoms with E-state index in [4.69, 9.17) is 5.73 Å². The van der Waals surface area contributed by atoms with Crippen LogP contribution in [0.1, 0.15) is 24.3 Å². The second-order valence-electron chi connectivity index (χ2n) is 4.34. The van der Waals surface area contributed by atoms with Crippen LogP contribution in [-0.2, 0) is 0 Å². The monoisotopic (exact) mass is 323 g/mol. The number of benzene rings is 1. The number of nitrogens with two attached hydrogens (primary N) is 1. The lowest BCUT2D eigenvalue weighted by atomic mass is 10.3. The molecule has 0 saturated heterocycles. The molecule has 0 spiro atoms. The molecule has 0 aliphatic rings. The molecular weight excluding hydrogens is 310 g/mol. The van der Waals surface area contributed by atoms with Gasteiger partial charge < -0.3 is 11.1 Å². The average Bonchev–Trinajstić information content (AvgIpc) is 2.71. The molecule has 0 aliphatic carbocycles. The number of nitrogens with one attached hydrogen (secondary N) is 1. The Hall–Kier alpha value is -1.89. The molecule has 19 heavy (non-hydrogen) atoms. The quantitative estimate of drug-likeness (QED) is 0.901. The Balaban J connectivity index is 2.32. The second-order valence-corrected chi connectivity index (χ2v) is 5.26. The number of aromatic nitrogens is 3. The largest absolute Gasteiger partial charge is 0.382 e. The summed E-state index contributed by atoms with van der Waals surface area (Å²) in [7, 11) is 0. The number of carbonyl (C=O) groups excluding carboxylic acids is 1. The number of anilines is 1. The molecule has 0 saturated carbocycles. The molecule has 0 aliphatic heterocycles. The molecule has 1 aromatic carbocycles. The Bertz CT molecular complexity index is 591. The number of halogens is 1. The second kappa shape index (κ2) is 5.40. The molecule has 0 fully saturated rings. The van der Waals surface area contributed by atoms with Crippen molar-refractivity contribution in [3.05, 3.63) is 34.4 Å². The predicted molar refractivity (Wildman–Crippen MR) is 76.1 cm³/mol. The standard InChI is InChI=1S/C12H14BrN5O/c1-7(2)15-12(19)10-11(14)18(17-16-10)9-5-3-8(13)4-6-9/h3-7H,14H2,1-2H3,(H,15,19). The number of nitrogen functional groups attached to an aromatic ring is 1. The highest BCUT2D eigenvalue weighted by Crippen LogP contribution is 2.17. The zero-order valence-electron chi connectivity index (χ0n) is 10.6. The minimum atomic E-state index is -0.323.